The zero-order valence-electron chi connectivity index (χ0n) is 9.24. The fraction of sp³-hybridized carbons (Fsp3) is 0.0769. The molecule has 1 N–H and O–H groups in total. The van der Waals surface area contributed by atoms with E-state index >= 15 is 0 Å². The average molecular weight is 227 g/mol. The SMILES string of the molecule is Cc1ccc(Nc2cc(F)cc(C#N)c2)cn1. The van der Waals surface area contributed by atoms with E-state index in [-0.39, 0.29) is 5.56 Å². The van der Waals surface area contributed by atoms with Crippen LogP contribution in [0.25, 0.3) is 0 Å². The summed E-state index contributed by atoms with van der Waals surface area (Å²) in [6.07, 6.45) is 1.66. The fourth-order valence-corrected chi connectivity index (χ4v) is 1.43. The Kier molecular flexibility index (Phi) is 3.01. The average Bonchev–Trinajstić information content (AvgIpc) is 2.31. The second-order valence-electron chi connectivity index (χ2n) is 3.65. The highest BCUT2D eigenvalue weighted by Crippen LogP contribution is 2.18. The van der Waals surface area contributed by atoms with E-state index in [4.69, 9.17) is 5.26 Å². The molecule has 2 rings (SSSR count). The number of aryl methyl sites for hydroxylation is 1. The Balaban J connectivity index is 2.27. The van der Waals surface area contributed by atoms with Crippen molar-refractivity contribution < 1.29 is 4.39 Å². The molecule has 0 saturated carbocycles. The Labute approximate surface area is 98.5 Å². The van der Waals surface area contributed by atoms with Crippen molar-refractivity contribution in [2.24, 2.45) is 0 Å². The van der Waals surface area contributed by atoms with Crippen molar-refractivity contribution in [3.8, 4) is 6.07 Å². The molecule has 4 heteroatoms. The van der Waals surface area contributed by atoms with Gasteiger partial charge in [-0.05, 0) is 37.3 Å². The molecular formula is C13H10FN3. The highest BCUT2D eigenvalue weighted by atomic mass is 19.1. The molecule has 1 heterocycles. The minimum atomic E-state index is -0.438. The first-order chi connectivity index (χ1) is 8.17. The van der Waals surface area contributed by atoms with Crippen LogP contribution in [0.3, 0.4) is 0 Å². The standard InChI is InChI=1S/C13H10FN3/c1-9-2-3-12(8-16-9)17-13-5-10(7-15)4-11(14)6-13/h2-6,8,17H,1H3. The summed E-state index contributed by atoms with van der Waals surface area (Å²) >= 11 is 0. The zero-order valence-corrected chi connectivity index (χ0v) is 9.24. The van der Waals surface area contributed by atoms with E-state index in [0.717, 1.165) is 11.4 Å². The Hall–Kier alpha value is -2.41. The summed E-state index contributed by atoms with van der Waals surface area (Å²) in [4.78, 5) is 4.12. The predicted molar refractivity (Wildman–Crippen MR) is 63.4 cm³/mol. The molecule has 3 nitrogen and oxygen atoms in total. The van der Waals surface area contributed by atoms with Gasteiger partial charge in [0.1, 0.15) is 5.82 Å². The first-order valence-electron chi connectivity index (χ1n) is 5.08. The van der Waals surface area contributed by atoms with Gasteiger partial charge in [-0.25, -0.2) is 4.39 Å². The van der Waals surface area contributed by atoms with Crippen LogP contribution in [0.1, 0.15) is 11.3 Å². The molecule has 0 radical (unpaired) electrons. The number of aromatic nitrogens is 1. The van der Waals surface area contributed by atoms with Gasteiger partial charge in [0.25, 0.3) is 0 Å². The number of pyridine rings is 1. The summed E-state index contributed by atoms with van der Waals surface area (Å²) in [5.41, 5.74) is 2.48. The van der Waals surface area contributed by atoms with Gasteiger partial charge in [-0.2, -0.15) is 5.26 Å². The zero-order chi connectivity index (χ0) is 12.3. The molecule has 17 heavy (non-hydrogen) atoms. The fourth-order valence-electron chi connectivity index (χ4n) is 1.43. The molecule has 0 aliphatic carbocycles. The van der Waals surface area contributed by atoms with Crippen LogP contribution in [0.2, 0.25) is 0 Å². The van der Waals surface area contributed by atoms with Gasteiger partial charge in [-0.1, -0.05) is 0 Å². The molecule has 0 fully saturated rings. The number of halogens is 1. The number of nitrogens with one attached hydrogen (secondary N) is 1. The van der Waals surface area contributed by atoms with Gasteiger partial charge < -0.3 is 5.32 Å². The third-order valence-corrected chi connectivity index (χ3v) is 2.23. The Morgan fingerprint density at radius 1 is 1.24 bits per heavy atom. The van der Waals surface area contributed by atoms with E-state index in [2.05, 4.69) is 10.3 Å². The lowest BCUT2D eigenvalue weighted by Crippen LogP contribution is -1.93. The minimum Gasteiger partial charge on any atom is -0.354 e. The number of hydrogen-bond donors (Lipinski definition) is 1. The molecule has 1 aromatic carbocycles. The van der Waals surface area contributed by atoms with Crippen LogP contribution in [0, 0.1) is 24.1 Å². The molecule has 84 valence electrons. The largest absolute Gasteiger partial charge is 0.354 e. The van der Waals surface area contributed by atoms with Gasteiger partial charge in [-0.15, -0.1) is 0 Å². The van der Waals surface area contributed by atoms with E-state index in [1.165, 1.54) is 12.1 Å². The normalized spacial score (nSPS) is 9.71. The quantitative estimate of drug-likeness (QED) is 0.857. The third kappa shape index (κ3) is 2.79. The summed E-state index contributed by atoms with van der Waals surface area (Å²) in [7, 11) is 0. The van der Waals surface area contributed by atoms with Crippen LogP contribution in [0.4, 0.5) is 15.8 Å². The molecule has 0 spiro atoms. The second kappa shape index (κ2) is 4.62. The number of hydrogen-bond acceptors (Lipinski definition) is 3. The smallest absolute Gasteiger partial charge is 0.126 e. The summed E-state index contributed by atoms with van der Waals surface area (Å²) < 4.78 is 13.2. The lowest BCUT2D eigenvalue weighted by atomic mass is 10.2. The first-order valence-corrected chi connectivity index (χ1v) is 5.08. The molecule has 0 amide bonds. The molecule has 0 saturated heterocycles. The van der Waals surface area contributed by atoms with Gasteiger partial charge in [0.05, 0.1) is 23.5 Å². The van der Waals surface area contributed by atoms with E-state index in [1.807, 2.05) is 25.1 Å². The maximum atomic E-state index is 13.2. The van der Waals surface area contributed by atoms with Crippen LogP contribution in [0.5, 0.6) is 0 Å². The van der Waals surface area contributed by atoms with Gasteiger partial charge in [0, 0.05) is 11.4 Å². The molecule has 0 unspecified atom stereocenters. The van der Waals surface area contributed by atoms with E-state index in [1.54, 1.807) is 12.3 Å². The number of anilines is 2. The lowest BCUT2D eigenvalue weighted by molar-refractivity contribution is 0.628. The highest BCUT2D eigenvalue weighted by Gasteiger charge is 2.01. The minimum absolute atomic E-state index is 0.285. The molecule has 0 bridgehead atoms. The molecule has 1 aromatic heterocycles. The summed E-state index contributed by atoms with van der Waals surface area (Å²) in [5, 5.41) is 11.7. The molecular weight excluding hydrogens is 217 g/mol. The summed E-state index contributed by atoms with van der Waals surface area (Å²) in [6, 6.07) is 9.72. The van der Waals surface area contributed by atoms with Crippen molar-refractivity contribution in [3.05, 3.63) is 53.6 Å². The van der Waals surface area contributed by atoms with Crippen molar-refractivity contribution >= 4 is 11.4 Å². The van der Waals surface area contributed by atoms with Gasteiger partial charge in [0.15, 0.2) is 0 Å². The van der Waals surface area contributed by atoms with Crippen LogP contribution >= 0.6 is 0 Å². The third-order valence-electron chi connectivity index (χ3n) is 2.23. The Bertz CT molecular complexity index is 570. The second-order valence-corrected chi connectivity index (χ2v) is 3.65. The van der Waals surface area contributed by atoms with E-state index < -0.39 is 5.82 Å². The van der Waals surface area contributed by atoms with E-state index in [0.29, 0.717) is 5.69 Å². The van der Waals surface area contributed by atoms with Crippen molar-refractivity contribution in [2.75, 3.05) is 5.32 Å². The van der Waals surface area contributed by atoms with E-state index in [9.17, 15) is 4.39 Å². The molecule has 0 aliphatic rings. The lowest BCUT2D eigenvalue weighted by Gasteiger charge is -2.06. The Morgan fingerprint density at radius 2 is 2.06 bits per heavy atom. The summed E-state index contributed by atoms with van der Waals surface area (Å²) in [5.74, 6) is -0.438. The topological polar surface area (TPSA) is 48.7 Å². The van der Waals surface area contributed by atoms with Gasteiger partial charge in [-0.3, -0.25) is 4.98 Å². The van der Waals surface area contributed by atoms with Crippen LogP contribution < -0.4 is 5.32 Å². The first kappa shape index (κ1) is 11.1. The van der Waals surface area contributed by atoms with Crippen LogP contribution in [-0.4, -0.2) is 4.98 Å². The molecule has 0 atom stereocenters. The van der Waals surface area contributed by atoms with Crippen LogP contribution in [0.15, 0.2) is 36.5 Å². The maximum absolute atomic E-state index is 13.2. The van der Waals surface area contributed by atoms with Crippen molar-refractivity contribution in [2.45, 2.75) is 6.92 Å². The molecule has 2 aromatic rings. The van der Waals surface area contributed by atoms with Crippen molar-refractivity contribution in [1.82, 2.24) is 4.98 Å². The maximum Gasteiger partial charge on any atom is 0.126 e. The Morgan fingerprint density at radius 3 is 2.71 bits per heavy atom. The van der Waals surface area contributed by atoms with Crippen molar-refractivity contribution in [3.63, 3.8) is 0 Å². The van der Waals surface area contributed by atoms with Gasteiger partial charge in [0.2, 0.25) is 0 Å². The summed E-state index contributed by atoms with van der Waals surface area (Å²) in [6.45, 7) is 1.89. The molecule has 0 aliphatic heterocycles. The number of rotatable bonds is 2. The highest BCUT2D eigenvalue weighted by molar-refractivity contribution is 5.60. The number of nitriles is 1. The van der Waals surface area contributed by atoms with Crippen molar-refractivity contribution in [1.29, 1.82) is 5.26 Å². The number of nitrogens with zero attached hydrogens (tertiary/aromatic N) is 2. The number of benzene rings is 1. The predicted octanol–water partition coefficient (Wildman–Crippen LogP) is 3.14. The van der Waals surface area contributed by atoms with Crippen LogP contribution in [-0.2, 0) is 0 Å². The monoisotopic (exact) mass is 227 g/mol. The van der Waals surface area contributed by atoms with Gasteiger partial charge >= 0.3 is 0 Å².